The molecule has 0 radical (unpaired) electrons. The van der Waals surface area contributed by atoms with Crippen LogP contribution in [0, 0.1) is 0 Å². The lowest BCUT2D eigenvalue weighted by molar-refractivity contribution is 0.0928. The van der Waals surface area contributed by atoms with Crippen LogP contribution in [0.5, 0.6) is 17.2 Å². The summed E-state index contributed by atoms with van der Waals surface area (Å²) >= 11 is 5.75. The number of rotatable bonds is 11. The highest BCUT2D eigenvalue weighted by atomic mass is 32.1. The number of ether oxygens (including phenoxy) is 3. The summed E-state index contributed by atoms with van der Waals surface area (Å²) in [5, 5.41) is 10.4. The van der Waals surface area contributed by atoms with Crippen molar-refractivity contribution < 1.29 is 19.0 Å². The number of thiocarbonyl (C=S) groups is 1. The molecule has 0 aliphatic heterocycles. The van der Waals surface area contributed by atoms with Crippen molar-refractivity contribution in [3.8, 4) is 17.2 Å². The maximum atomic E-state index is 13.3. The summed E-state index contributed by atoms with van der Waals surface area (Å²) in [5.74, 6) is 1.48. The third-order valence-corrected chi connectivity index (χ3v) is 6.70. The van der Waals surface area contributed by atoms with E-state index in [1.165, 1.54) is 0 Å². The van der Waals surface area contributed by atoms with Gasteiger partial charge in [-0.05, 0) is 53.2 Å². The van der Waals surface area contributed by atoms with Gasteiger partial charge in [-0.25, -0.2) is 0 Å². The van der Waals surface area contributed by atoms with Crippen molar-refractivity contribution in [2.24, 2.45) is 0 Å². The number of carbonyl (C=O) groups excluding carboxylic acids is 1. The molecule has 0 aromatic heterocycles. The number of hydrogen-bond acceptors (Lipinski definition) is 5. The molecule has 8 heteroatoms. The third kappa shape index (κ3) is 7.09. The summed E-state index contributed by atoms with van der Waals surface area (Å²) in [6, 6.07) is 31.9. The van der Waals surface area contributed by atoms with Crippen LogP contribution in [0.3, 0.4) is 0 Å². The number of hydrogen-bond donors (Lipinski definition) is 3. The van der Waals surface area contributed by atoms with Crippen molar-refractivity contribution >= 4 is 23.2 Å². The Morgan fingerprint density at radius 1 is 0.700 bits per heavy atom. The molecule has 0 spiro atoms. The van der Waals surface area contributed by atoms with Crippen LogP contribution in [0.1, 0.15) is 39.1 Å². The standard InChI is InChI=1S/C32H33N3O4S/c1-37-26-19-22(20-27(38-2)30(26)39-3)21-33-32(40)35-29(24-15-9-5-10-16-24)28(23-13-7-4-8-14-23)34-31(36)25-17-11-6-12-18-25/h4-20,28-29H,21H2,1-3H3,(H,34,36)(H2,33,35,40)/t28-,29-/m0/s1. The summed E-state index contributed by atoms with van der Waals surface area (Å²) in [5.41, 5.74) is 3.40. The first kappa shape index (κ1) is 28.4. The largest absolute Gasteiger partial charge is 0.493 e. The number of nitrogens with one attached hydrogen (secondary N) is 3. The Labute approximate surface area is 240 Å². The van der Waals surface area contributed by atoms with Crippen LogP contribution in [0.25, 0.3) is 0 Å². The third-order valence-electron chi connectivity index (χ3n) is 6.44. The number of methoxy groups -OCH3 is 3. The Hall–Kier alpha value is -4.56. The van der Waals surface area contributed by atoms with Crippen molar-refractivity contribution in [1.82, 2.24) is 16.0 Å². The molecule has 4 aromatic carbocycles. The zero-order valence-electron chi connectivity index (χ0n) is 22.7. The van der Waals surface area contributed by atoms with Crippen LogP contribution in [0.2, 0.25) is 0 Å². The number of carbonyl (C=O) groups is 1. The maximum Gasteiger partial charge on any atom is 0.251 e. The van der Waals surface area contributed by atoms with Gasteiger partial charge in [0.1, 0.15) is 0 Å². The molecule has 0 unspecified atom stereocenters. The maximum absolute atomic E-state index is 13.3. The van der Waals surface area contributed by atoms with Gasteiger partial charge in [-0.15, -0.1) is 0 Å². The van der Waals surface area contributed by atoms with Gasteiger partial charge >= 0.3 is 0 Å². The normalized spacial score (nSPS) is 12.0. The van der Waals surface area contributed by atoms with E-state index in [4.69, 9.17) is 26.4 Å². The Kier molecular flexibility index (Phi) is 9.96. The van der Waals surface area contributed by atoms with E-state index in [0.29, 0.717) is 34.5 Å². The van der Waals surface area contributed by atoms with Crippen molar-refractivity contribution in [3.63, 3.8) is 0 Å². The van der Waals surface area contributed by atoms with Gasteiger partial charge in [-0.1, -0.05) is 78.9 Å². The van der Waals surface area contributed by atoms with E-state index in [-0.39, 0.29) is 11.9 Å². The van der Waals surface area contributed by atoms with Crippen molar-refractivity contribution in [1.29, 1.82) is 0 Å². The predicted octanol–water partition coefficient (Wildman–Crippen LogP) is 5.59. The zero-order chi connectivity index (χ0) is 28.3. The van der Waals surface area contributed by atoms with Gasteiger partial charge in [0, 0.05) is 12.1 Å². The zero-order valence-corrected chi connectivity index (χ0v) is 23.5. The second kappa shape index (κ2) is 14.0. The molecule has 0 heterocycles. The van der Waals surface area contributed by atoms with Gasteiger partial charge in [0.25, 0.3) is 5.91 Å². The molecule has 2 atom stereocenters. The minimum Gasteiger partial charge on any atom is -0.493 e. The smallest absolute Gasteiger partial charge is 0.251 e. The average molecular weight is 556 g/mol. The van der Waals surface area contributed by atoms with Gasteiger partial charge < -0.3 is 30.2 Å². The second-order valence-corrected chi connectivity index (χ2v) is 9.39. The fraction of sp³-hybridized carbons (Fsp3) is 0.188. The monoisotopic (exact) mass is 555 g/mol. The van der Waals surface area contributed by atoms with E-state index >= 15 is 0 Å². The van der Waals surface area contributed by atoms with E-state index in [2.05, 4.69) is 16.0 Å². The van der Waals surface area contributed by atoms with Crippen LogP contribution in [0.4, 0.5) is 0 Å². The quantitative estimate of drug-likeness (QED) is 0.208. The van der Waals surface area contributed by atoms with E-state index in [0.717, 1.165) is 16.7 Å². The van der Waals surface area contributed by atoms with E-state index in [1.807, 2.05) is 91.0 Å². The first-order valence-electron chi connectivity index (χ1n) is 12.8. The van der Waals surface area contributed by atoms with Crippen molar-refractivity contribution in [3.05, 3.63) is 125 Å². The van der Waals surface area contributed by atoms with Crippen LogP contribution < -0.4 is 30.2 Å². The van der Waals surface area contributed by atoms with E-state index < -0.39 is 6.04 Å². The summed E-state index contributed by atoms with van der Waals surface area (Å²) in [6.07, 6.45) is 0. The molecule has 7 nitrogen and oxygen atoms in total. The predicted molar refractivity (Wildman–Crippen MR) is 161 cm³/mol. The van der Waals surface area contributed by atoms with Crippen LogP contribution in [-0.2, 0) is 6.54 Å². The highest BCUT2D eigenvalue weighted by Gasteiger charge is 2.28. The molecule has 3 N–H and O–H groups in total. The molecule has 0 aliphatic rings. The minimum atomic E-state index is -0.419. The molecule has 206 valence electrons. The van der Waals surface area contributed by atoms with Gasteiger partial charge in [-0.2, -0.15) is 0 Å². The summed E-state index contributed by atoms with van der Waals surface area (Å²) in [4.78, 5) is 13.3. The summed E-state index contributed by atoms with van der Waals surface area (Å²) in [6.45, 7) is 0.413. The molecule has 0 fully saturated rings. The van der Waals surface area contributed by atoms with Crippen LogP contribution in [0.15, 0.2) is 103 Å². The summed E-state index contributed by atoms with van der Waals surface area (Å²) < 4.78 is 16.4. The molecule has 0 aliphatic carbocycles. The van der Waals surface area contributed by atoms with Crippen LogP contribution in [-0.4, -0.2) is 32.3 Å². The van der Waals surface area contributed by atoms with Crippen LogP contribution >= 0.6 is 12.2 Å². The van der Waals surface area contributed by atoms with Gasteiger partial charge in [0.2, 0.25) is 5.75 Å². The molecule has 0 saturated heterocycles. The molecule has 4 rings (SSSR count). The highest BCUT2D eigenvalue weighted by molar-refractivity contribution is 7.80. The van der Waals surface area contributed by atoms with Gasteiger partial charge in [0.05, 0.1) is 33.4 Å². The van der Waals surface area contributed by atoms with Gasteiger partial charge in [0.15, 0.2) is 16.6 Å². The lowest BCUT2D eigenvalue weighted by Gasteiger charge is -2.31. The SMILES string of the molecule is COc1cc(CNC(=S)N[C@@H](c2ccccc2)[C@@H](NC(=O)c2ccccc2)c2ccccc2)cc(OC)c1OC. The second-order valence-electron chi connectivity index (χ2n) is 8.98. The fourth-order valence-corrected chi connectivity index (χ4v) is 4.66. The molecule has 1 amide bonds. The summed E-state index contributed by atoms with van der Waals surface area (Å²) in [7, 11) is 4.73. The minimum absolute atomic E-state index is 0.173. The topological polar surface area (TPSA) is 80.9 Å². The first-order valence-corrected chi connectivity index (χ1v) is 13.2. The molecule has 40 heavy (non-hydrogen) atoms. The fourth-order valence-electron chi connectivity index (χ4n) is 4.47. The number of amides is 1. The number of benzene rings is 4. The Morgan fingerprint density at radius 2 is 1.18 bits per heavy atom. The average Bonchev–Trinajstić information content (AvgIpc) is 3.02. The van der Waals surface area contributed by atoms with E-state index in [1.54, 1.807) is 33.5 Å². The molecular weight excluding hydrogens is 522 g/mol. The van der Waals surface area contributed by atoms with Crippen molar-refractivity contribution in [2.45, 2.75) is 18.6 Å². The molecule has 0 saturated carbocycles. The lowest BCUT2D eigenvalue weighted by atomic mass is 9.93. The Morgan fingerprint density at radius 3 is 1.65 bits per heavy atom. The molecular formula is C32H33N3O4S. The Bertz CT molecular complexity index is 1380. The van der Waals surface area contributed by atoms with Gasteiger partial charge in [-0.3, -0.25) is 4.79 Å². The highest BCUT2D eigenvalue weighted by Crippen LogP contribution is 2.38. The van der Waals surface area contributed by atoms with E-state index in [9.17, 15) is 4.79 Å². The van der Waals surface area contributed by atoms with Crippen molar-refractivity contribution in [2.75, 3.05) is 21.3 Å². The Balaban J connectivity index is 1.60. The lowest BCUT2D eigenvalue weighted by Crippen LogP contribution is -2.44. The molecule has 0 bridgehead atoms. The molecule has 4 aromatic rings. The first-order chi connectivity index (χ1) is 19.5.